The third kappa shape index (κ3) is 4.93. The topological polar surface area (TPSA) is 54.5 Å². The van der Waals surface area contributed by atoms with E-state index in [2.05, 4.69) is 29.0 Å². The number of ether oxygens (including phenoxy) is 1. The zero-order valence-electron chi connectivity index (χ0n) is 15.4. The minimum Gasteiger partial charge on any atom is -0.379 e. The zero-order valence-corrected chi connectivity index (χ0v) is 16.1. The summed E-state index contributed by atoms with van der Waals surface area (Å²) < 4.78 is 5.45. The van der Waals surface area contributed by atoms with E-state index in [9.17, 15) is 4.79 Å². The predicted molar refractivity (Wildman–Crippen MR) is 105 cm³/mol. The van der Waals surface area contributed by atoms with Crippen LogP contribution < -0.4 is 5.32 Å². The van der Waals surface area contributed by atoms with Gasteiger partial charge in [-0.05, 0) is 42.7 Å². The van der Waals surface area contributed by atoms with Gasteiger partial charge in [-0.15, -0.1) is 0 Å². The molecule has 1 atom stereocenters. The molecule has 0 saturated carbocycles. The van der Waals surface area contributed by atoms with Gasteiger partial charge in [-0.25, -0.2) is 4.98 Å². The number of benzene rings is 1. The van der Waals surface area contributed by atoms with Crippen LogP contribution in [0.2, 0.25) is 5.15 Å². The summed E-state index contributed by atoms with van der Waals surface area (Å²) >= 11 is 5.92. The van der Waals surface area contributed by atoms with Crippen LogP contribution in [0.5, 0.6) is 0 Å². The summed E-state index contributed by atoms with van der Waals surface area (Å²) in [4.78, 5) is 19.3. The molecule has 0 bridgehead atoms. The fourth-order valence-electron chi connectivity index (χ4n) is 3.40. The van der Waals surface area contributed by atoms with Gasteiger partial charge in [-0.2, -0.15) is 0 Å². The fraction of sp³-hybridized carbons (Fsp3) is 0.500. The first-order chi connectivity index (χ1) is 12.5. The second-order valence-electron chi connectivity index (χ2n) is 7.18. The average Bonchev–Trinajstić information content (AvgIpc) is 2.64. The van der Waals surface area contributed by atoms with E-state index in [4.69, 9.17) is 16.3 Å². The largest absolute Gasteiger partial charge is 0.379 e. The third-order valence-corrected chi connectivity index (χ3v) is 4.93. The van der Waals surface area contributed by atoms with Gasteiger partial charge in [0.05, 0.1) is 18.7 Å². The molecule has 2 heterocycles. The molecule has 26 heavy (non-hydrogen) atoms. The molecule has 140 valence electrons. The van der Waals surface area contributed by atoms with Gasteiger partial charge in [-0.1, -0.05) is 25.4 Å². The van der Waals surface area contributed by atoms with Crippen molar-refractivity contribution in [1.82, 2.24) is 15.2 Å². The van der Waals surface area contributed by atoms with E-state index < -0.39 is 0 Å². The number of hydrogen-bond donors (Lipinski definition) is 1. The summed E-state index contributed by atoms with van der Waals surface area (Å²) in [6.45, 7) is 8.47. The third-order valence-electron chi connectivity index (χ3n) is 4.72. The van der Waals surface area contributed by atoms with Gasteiger partial charge in [0.1, 0.15) is 5.15 Å². The monoisotopic (exact) mass is 375 g/mol. The van der Waals surface area contributed by atoms with E-state index in [1.165, 1.54) is 0 Å². The van der Waals surface area contributed by atoms with E-state index in [-0.39, 0.29) is 5.91 Å². The van der Waals surface area contributed by atoms with Crippen molar-refractivity contribution in [3.63, 3.8) is 0 Å². The lowest BCUT2D eigenvalue weighted by molar-refractivity contribution is 0.0124. The summed E-state index contributed by atoms with van der Waals surface area (Å²) in [6, 6.07) is 9.46. The zero-order chi connectivity index (χ0) is 18.5. The highest BCUT2D eigenvalue weighted by Crippen LogP contribution is 2.18. The molecule has 2 aromatic rings. The van der Waals surface area contributed by atoms with Crippen molar-refractivity contribution < 1.29 is 9.53 Å². The number of pyridine rings is 1. The van der Waals surface area contributed by atoms with Crippen LogP contribution in [0.15, 0.2) is 30.3 Å². The molecule has 6 heteroatoms. The number of carbonyl (C=O) groups excluding carboxylic acids is 1. The maximum Gasteiger partial charge on any atom is 0.251 e. The van der Waals surface area contributed by atoms with Gasteiger partial charge in [0.15, 0.2) is 0 Å². The summed E-state index contributed by atoms with van der Waals surface area (Å²) in [6.07, 6.45) is 1.06. The molecule has 1 aromatic carbocycles. The summed E-state index contributed by atoms with van der Waals surface area (Å²) in [5.41, 5.74) is 1.44. The lowest BCUT2D eigenvalue weighted by Crippen LogP contribution is -2.49. The maximum atomic E-state index is 12.6. The van der Waals surface area contributed by atoms with Crippen molar-refractivity contribution in [1.29, 1.82) is 0 Å². The number of nitrogens with zero attached hydrogens (tertiary/aromatic N) is 2. The Balaban J connectivity index is 1.66. The number of aromatic nitrogens is 1. The molecule has 1 aromatic heterocycles. The molecule has 0 spiro atoms. The smallest absolute Gasteiger partial charge is 0.251 e. The van der Waals surface area contributed by atoms with Crippen LogP contribution in [0.3, 0.4) is 0 Å². The summed E-state index contributed by atoms with van der Waals surface area (Å²) in [5.74, 6) is 0.528. The number of rotatable bonds is 6. The Morgan fingerprint density at radius 1 is 1.27 bits per heavy atom. The van der Waals surface area contributed by atoms with Crippen LogP contribution >= 0.6 is 11.6 Å². The molecule has 1 amide bonds. The molecule has 1 N–H and O–H groups in total. The van der Waals surface area contributed by atoms with Gasteiger partial charge < -0.3 is 10.1 Å². The molecule has 1 fully saturated rings. The minimum absolute atomic E-state index is 0.0520. The first kappa shape index (κ1) is 19.1. The first-order valence-electron chi connectivity index (χ1n) is 9.19. The van der Waals surface area contributed by atoms with E-state index >= 15 is 0 Å². The van der Waals surface area contributed by atoms with E-state index in [0.717, 1.165) is 43.6 Å². The van der Waals surface area contributed by atoms with Gasteiger partial charge in [0.2, 0.25) is 0 Å². The molecule has 1 unspecified atom stereocenters. The Morgan fingerprint density at radius 3 is 2.77 bits per heavy atom. The number of carbonyl (C=O) groups is 1. The van der Waals surface area contributed by atoms with Crippen molar-refractivity contribution >= 4 is 28.4 Å². The molecule has 0 aliphatic carbocycles. The van der Waals surface area contributed by atoms with Crippen LogP contribution in [0, 0.1) is 5.92 Å². The molecule has 1 saturated heterocycles. The standard InChI is InChI=1S/C20H26ClN3O2/c1-14(2)11-17(24-7-9-26-10-8-24)13-22-20(25)16-3-5-18-15(12-16)4-6-19(21)23-18/h3-6,12,14,17H,7-11,13H2,1-2H3,(H,22,25). The maximum absolute atomic E-state index is 12.6. The van der Waals surface area contributed by atoms with Crippen molar-refractivity contribution in [3.8, 4) is 0 Å². The Labute approximate surface area is 159 Å². The molecular weight excluding hydrogens is 350 g/mol. The fourth-order valence-corrected chi connectivity index (χ4v) is 3.56. The normalized spacial score (nSPS) is 16.8. The van der Waals surface area contributed by atoms with E-state index in [1.807, 2.05) is 18.2 Å². The van der Waals surface area contributed by atoms with Crippen molar-refractivity contribution in [3.05, 3.63) is 41.0 Å². The number of amides is 1. The molecular formula is C20H26ClN3O2. The highest BCUT2D eigenvalue weighted by atomic mass is 35.5. The van der Waals surface area contributed by atoms with Crippen molar-refractivity contribution in [2.75, 3.05) is 32.8 Å². The Kier molecular flexibility index (Phi) is 6.46. The van der Waals surface area contributed by atoms with Crippen LogP contribution in [-0.2, 0) is 4.74 Å². The quantitative estimate of drug-likeness (QED) is 0.786. The van der Waals surface area contributed by atoms with Crippen LogP contribution in [0.4, 0.5) is 0 Å². The summed E-state index contributed by atoms with van der Waals surface area (Å²) in [5, 5.41) is 4.48. The number of nitrogens with one attached hydrogen (secondary N) is 1. The Morgan fingerprint density at radius 2 is 2.04 bits per heavy atom. The highest BCUT2D eigenvalue weighted by molar-refractivity contribution is 6.29. The van der Waals surface area contributed by atoms with Gasteiger partial charge in [0, 0.05) is 36.6 Å². The number of morpholine rings is 1. The second-order valence-corrected chi connectivity index (χ2v) is 7.57. The number of halogens is 1. The van der Waals surface area contributed by atoms with Crippen molar-refractivity contribution in [2.45, 2.75) is 26.3 Å². The molecule has 1 aliphatic rings. The number of hydrogen-bond acceptors (Lipinski definition) is 4. The first-order valence-corrected chi connectivity index (χ1v) is 9.57. The number of fused-ring (bicyclic) bond motifs is 1. The SMILES string of the molecule is CC(C)CC(CNC(=O)c1ccc2nc(Cl)ccc2c1)N1CCOCC1. The van der Waals surface area contributed by atoms with Gasteiger partial charge >= 0.3 is 0 Å². The summed E-state index contributed by atoms with van der Waals surface area (Å²) in [7, 11) is 0. The average molecular weight is 376 g/mol. The molecule has 0 radical (unpaired) electrons. The van der Waals surface area contributed by atoms with E-state index in [0.29, 0.717) is 29.2 Å². The molecule has 1 aliphatic heterocycles. The molecule has 5 nitrogen and oxygen atoms in total. The van der Waals surface area contributed by atoms with Gasteiger partial charge in [0.25, 0.3) is 5.91 Å². The van der Waals surface area contributed by atoms with Crippen LogP contribution in [-0.4, -0.2) is 54.7 Å². The lowest BCUT2D eigenvalue weighted by Gasteiger charge is -2.35. The Bertz CT molecular complexity index is 760. The highest BCUT2D eigenvalue weighted by Gasteiger charge is 2.22. The van der Waals surface area contributed by atoms with Crippen molar-refractivity contribution in [2.24, 2.45) is 5.92 Å². The lowest BCUT2D eigenvalue weighted by atomic mass is 10.0. The van der Waals surface area contributed by atoms with Gasteiger partial charge in [-0.3, -0.25) is 9.69 Å². The van der Waals surface area contributed by atoms with E-state index in [1.54, 1.807) is 12.1 Å². The predicted octanol–water partition coefficient (Wildman–Crippen LogP) is 3.36. The minimum atomic E-state index is -0.0520. The van der Waals surface area contributed by atoms with Crippen LogP contribution in [0.25, 0.3) is 10.9 Å². The Hall–Kier alpha value is -1.69. The second kappa shape index (κ2) is 8.80. The van der Waals surface area contributed by atoms with Crippen LogP contribution in [0.1, 0.15) is 30.6 Å². The molecule has 3 rings (SSSR count).